The molecular weight excluding hydrogens is 88.1 g/mol. The molecule has 0 amide bonds. The van der Waals surface area contributed by atoms with Gasteiger partial charge in [-0.05, 0) is 18.4 Å². The van der Waals surface area contributed by atoms with Crippen LogP contribution in [0.3, 0.4) is 0 Å². The Kier molecular flexibility index (Phi) is 0.239. The summed E-state index contributed by atoms with van der Waals surface area (Å²) in [5.41, 5.74) is 3.35. The highest BCUT2D eigenvalue weighted by Crippen LogP contribution is 2.55. The van der Waals surface area contributed by atoms with Gasteiger partial charge in [0.15, 0.2) is 0 Å². The molecule has 3 rings (SSSR count). The van der Waals surface area contributed by atoms with Crippen molar-refractivity contribution in [2.45, 2.75) is 25.0 Å². The van der Waals surface area contributed by atoms with Crippen molar-refractivity contribution in [3.8, 4) is 0 Å². The van der Waals surface area contributed by atoms with E-state index in [1.165, 1.54) is 12.8 Å². The highest BCUT2D eigenvalue weighted by molar-refractivity contribution is 5.48. The highest BCUT2D eigenvalue weighted by Gasteiger charge is 2.54. The van der Waals surface area contributed by atoms with Crippen molar-refractivity contribution in [2.24, 2.45) is 0 Å². The monoisotopic (exact) mass is 94.0 g/mol. The van der Waals surface area contributed by atoms with Gasteiger partial charge >= 0.3 is 0 Å². The van der Waals surface area contributed by atoms with E-state index in [1.807, 2.05) is 0 Å². The van der Waals surface area contributed by atoms with Crippen molar-refractivity contribution in [2.75, 3.05) is 0 Å². The number of fused-ring (bicyclic) bond motifs is 2. The molecule has 1 heterocycles. The van der Waals surface area contributed by atoms with E-state index in [0.717, 1.165) is 0 Å². The van der Waals surface area contributed by atoms with Gasteiger partial charge in [-0.25, -0.2) is 0 Å². The molecule has 1 saturated heterocycles. The Bertz CT molecular complexity index is 169. The second-order valence-electron chi connectivity index (χ2n) is 2.60. The van der Waals surface area contributed by atoms with Crippen LogP contribution in [0.2, 0.25) is 0 Å². The second kappa shape index (κ2) is 0.583. The molecule has 1 nitrogen and oxygen atoms in total. The van der Waals surface area contributed by atoms with Gasteiger partial charge in [-0.3, -0.25) is 0 Å². The van der Waals surface area contributed by atoms with Crippen LogP contribution in [0, 0.1) is 0 Å². The molecule has 0 bridgehead atoms. The van der Waals surface area contributed by atoms with Gasteiger partial charge in [0.25, 0.3) is 0 Å². The summed E-state index contributed by atoms with van der Waals surface area (Å²) >= 11 is 0. The normalized spacial score (nSPS) is 51.4. The average Bonchev–Trinajstić information content (AvgIpc) is 2.47. The zero-order valence-electron chi connectivity index (χ0n) is 3.98. The first-order valence-corrected chi connectivity index (χ1v) is 2.81. The Balaban J connectivity index is 2.16. The molecule has 0 saturated carbocycles. The van der Waals surface area contributed by atoms with Crippen molar-refractivity contribution >= 4 is 0 Å². The van der Waals surface area contributed by atoms with Gasteiger partial charge in [0.05, 0.1) is 6.10 Å². The summed E-state index contributed by atoms with van der Waals surface area (Å²) in [4.78, 5) is 0. The molecule has 0 aromatic rings. The van der Waals surface area contributed by atoms with Gasteiger partial charge < -0.3 is 4.74 Å². The van der Waals surface area contributed by atoms with E-state index >= 15 is 0 Å². The van der Waals surface area contributed by atoms with Gasteiger partial charge in [-0.2, -0.15) is 0 Å². The van der Waals surface area contributed by atoms with Crippen LogP contribution in [-0.2, 0) is 4.74 Å². The summed E-state index contributed by atoms with van der Waals surface area (Å²) in [7, 11) is 0. The molecule has 2 atom stereocenters. The molecule has 3 aliphatic rings. The van der Waals surface area contributed by atoms with Crippen LogP contribution >= 0.6 is 0 Å². The number of hydrogen-bond acceptors (Lipinski definition) is 1. The number of epoxide rings is 1. The lowest BCUT2D eigenvalue weighted by atomic mass is 10.2. The van der Waals surface area contributed by atoms with E-state index in [1.54, 1.807) is 11.1 Å². The Morgan fingerprint density at radius 2 is 2.57 bits per heavy atom. The summed E-state index contributed by atoms with van der Waals surface area (Å²) in [6.07, 6.45) is 3.90. The molecule has 0 aromatic heterocycles. The smallest absolute Gasteiger partial charge is 0.106 e. The molecular formula is C6H6O. The Labute approximate surface area is 42.0 Å². The van der Waals surface area contributed by atoms with Crippen LogP contribution in [0.1, 0.15) is 12.8 Å². The Morgan fingerprint density at radius 1 is 1.57 bits per heavy atom. The van der Waals surface area contributed by atoms with E-state index in [0.29, 0.717) is 12.2 Å². The Morgan fingerprint density at radius 3 is 3.00 bits per heavy atom. The van der Waals surface area contributed by atoms with Crippen LogP contribution in [0.5, 0.6) is 0 Å². The number of rotatable bonds is 0. The largest absolute Gasteiger partial charge is 0.364 e. The van der Waals surface area contributed by atoms with Crippen LogP contribution < -0.4 is 0 Å². The summed E-state index contributed by atoms with van der Waals surface area (Å²) in [5.74, 6) is 0. The highest BCUT2D eigenvalue weighted by atomic mass is 16.6. The lowest BCUT2D eigenvalue weighted by Gasteiger charge is -1.79. The first-order chi connectivity index (χ1) is 3.45. The predicted octanol–water partition coefficient (Wildman–Crippen LogP) is 0.858. The third kappa shape index (κ3) is 0.201. The van der Waals surface area contributed by atoms with E-state index < -0.39 is 0 Å². The van der Waals surface area contributed by atoms with Crippen molar-refractivity contribution in [3.63, 3.8) is 0 Å². The van der Waals surface area contributed by atoms with Crippen molar-refractivity contribution in [3.05, 3.63) is 11.1 Å². The van der Waals surface area contributed by atoms with Crippen molar-refractivity contribution < 1.29 is 4.74 Å². The third-order valence-corrected chi connectivity index (χ3v) is 2.11. The van der Waals surface area contributed by atoms with Crippen LogP contribution in [0.25, 0.3) is 0 Å². The zero-order valence-corrected chi connectivity index (χ0v) is 3.98. The lowest BCUT2D eigenvalue weighted by molar-refractivity contribution is 0.382. The van der Waals surface area contributed by atoms with Gasteiger partial charge in [-0.15, -0.1) is 0 Å². The molecule has 0 aromatic carbocycles. The minimum atomic E-state index is 0.634. The fraction of sp³-hybridized carbons (Fsp3) is 0.667. The fourth-order valence-corrected chi connectivity index (χ4v) is 1.54. The molecule has 7 heavy (non-hydrogen) atoms. The minimum Gasteiger partial charge on any atom is -0.364 e. The molecule has 1 fully saturated rings. The maximum atomic E-state index is 5.25. The quantitative estimate of drug-likeness (QED) is 0.320. The zero-order chi connectivity index (χ0) is 4.43. The molecule has 1 aliphatic heterocycles. The standard InChI is InChI=1S/C6H6O/c1-3-2-5-6(7-5)4(1)3/h5-6H,1-2H2. The van der Waals surface area contributed by atoms with Gasteiger partial charge in [0.1, 0.15) is 6.10 Å². The van der Waals surface area contributed by atoms with E-state index in [4.69, 9.17) is 4.74 Å². The van der Waals surface area contributed by atoms with E-state index in [-0.39, 0.29) is 0 Å². The molecule has 0 radical (unpaired) electrons. The third-order valence-electron chi connectivity index (χ3n) is 2.11. The van der Waals surface area contributed by atoms with Gasteiger partial charge in [-0.1, -0.05) is 5.57 Å². The summed E-state index contributed by atoms with van der Waals surface area (Å²) in [6.45, 7) is 0. The molecule has 36 valence electrons. The number of hydrogen-bond donors (Lipinski definition) is 0. The molecule has 2 unspecified atom stereocenters. The summed E-state index contributed by atoms with van der Waals surface area (Å²) in [6, 6.07) is 0. The van der Waals surface area contributed by atoms with Gasteiger partial charge in [0, 0.05) is 0 Å². The fourth-order valence-electron chi connectivity index (χ4n) is 1.54. The second-order valence-corrected chi connectivity index (χ2v) is 2.60. The maximum absolute atomic E-state index is 5.25. The van der Waals surface area contributed by atoms with Crippen LogP contribution in [-0.4, -0.2) is 12.2 Å². The van der Waals surface area contributed by atoms with E-state index in [2.05, 4.69) is 0 Å². The first-order valence-electron chi connectivity index (χ1n) is 2.81. The number of ether oxygens (including phenoxy) is 1. The molecule has 0 N–H and O–H groups in total. The Hall–Kier alpha value is -0.300. The molecule has 0 spiro atoms. The predicted molar refractivity (Wildman–Crippen MR) is 24.9 cm³/mol. The summed E-state index contributed by atoms with van der Waals surface area (Å²) in [5, 5.41) is 0. The minimum absolute atomic E-state index is 0.634. The lowest BCUT2D eigenvalue weighted by Crippen LogP contribution is -1.85. The van der Waals surface area contributed by atoms with Crippen molar-refractivity contribution in [1.82, 2.24) is 0 Å². The molecule has 2 aliphatic carbocycles. The topological polar surface area (TPSA) is 12.5 Å². The van der Waals surface area contributed by atoms with Crippen LogP contribution in [0.4, 0.5) is 0 Å². The average molecular weight is 94.1 g/mol. The SMILES string of the molecule is C1C2=C1C1OC1C2. The summed E-state index contributed by atoms with van der Waals surface area (Å²) < 4.78 is 5.25. The maximum Gasteiger partial charge on any atom is 0.106 e. The van der Waals surface area contributed by atoms with Crippen molar-refractivity contribution in [1.29, 1.82) is 0 Å². The van der Waals surface area contributed by atoms with Gasteiger partial charge in [0.2, 0.25) is 0 Å². The van der Waals surface area contributed by atoms with Crippen LogP contribution in [0.15, 0.2) is 11.1 Å². The van der Waals surface area contributed by atoms with E-state index in [9.17, 15) is 0 Å². The molecule has 1 heteroatoms. The first kappa shape index (κ1) is 2.88.